The highest BCUT2D eigenvalue weighted by Gasteiger charge is 2.30. The van der Waals surface area contributed by atoms with E-state index in [0.717, 1.165) is 5.82 Å². The van der Waals surface area contributed by atoms with Crippen LogP contribution in [0.4, 0.5) is 5.69 Å². The van der Waals surface area contributed by atoms with E-state index in [9.17, 15) is 10.1 Å². The van der Waals surface area contributed by atoms with Crippen LogP contribution in [0.25, 0.3) is 11.4 Å². The van der Waals surface area contributed by atoms with Gasteiger partial charge in [0.1, 0.15) is 18.2 Å². The molecule has 1 unspecified atom stereocenters. The number of rotatable bonds is 3. The Labute approximate surface area is 135 Å². The summed E-state index contributed by atoms with van der Waals surface area (Å²) in [5.74, 6) is 1.67. The predicted octanol–water partition coefficient (Wildman–Crippen LogP) is 1.42. The molecular weight excluding hydrogens is 314 g/mol. The average molecular weight is 327 g/mol. The van der Waals surface area contributed by atoms with Crippen LogP contribution in [0.3, 0.4) is 0 Å². The molecule has 24 heavy (non-hydrogen) atoms. The zero-order valence-corrected chi connectivity index (χ0v) is 12.7. The maximum Gasteiger partial charge on any atom is 0.270 e. The van der Waals surface area contributed by atoms with Crippen LogP contribution in [0.1, 0.15) is 17.8 Å². The Bertz CT molecular complexity index is 903. The molecule has 0 fully saturated rings. The van der Waals surface area contributed by atoms with Crippen LogP contribution >= 0.6 is 0 Å². The van der Waals surface area contributed by atoms with Crippen molar-refractivity contribution in [3.63, 3.8) is 0 Å². The van der Waals surface area contributed by atoms with Crippen LogP contribution in [0.5, 0.6) is 0 Å². The summed E-state index contributed by atoms with van der Waals surface area (Å²) in [5, 5.41) is 22.8. The number of hydrogen-bond acceptors (Lipinski definition) is 8. The van der Waals surface area contributed by atoms with Gasteiger partial charge in [-0.1, -0.05) is 17.3 Å². The van der Waals surface area contributed by atoms with Gasteiger partial charge in [-0.05, 0) is 7.05 Å². The van der Waals surface area contributed by atoms with Gasteiger partial charge >= 0.3 is 0 Å². The SMILES string of the molecule is CN1Cc2nncn2CC1c1nc(-c2cccc([N+](=O)[O-])c2)no1. The summed E-state index contributed by atoms with van der Waals surface area (Å²) in [4.78, 5) is 16.9. The minimum Gasteiger partial charge on any atom is -0.337 e. The van der Waals surface area contributed by atoms with E-state index in [-0.39, 0.29) is 11.7 Å². The van der Waals surface area contributed by atoms with Gasteiger partial charge in [-0.25, -0.2) is 0 Å². The summed E-state index contributed by atoms with van der Waals surface area (Å²) >= 11 is 0. The smallest absolute Gasteiger partial charge is 0.270 e. The third-order valence-corrected chi connectivity index (χ3v) is 4.03. The Hall–Kier alpha value is -3.14. The molecule has 0 radical (unpaired) electrons. The summed E-state index contributed by atoms with van der Waals surface area (Å²) in [6.45, 7) is 1.23. The van der Waals surface area contributed by atoms with E-state index in [4.69, 9.17) is 4.52 Å². The molecule has 0 amide bonds. The van der Waals surface area contributed by atoms with E-state index in [1.165, 1.54) is 12.1 Å². The molecule has 0 bridgehead atoms. The van der Waals surface area contributed by atoms with Gasteiger partial charge in [0.05, 0.1) is 11.5 Å². The first-order valence-electron chi connectivity index (χ1n) is 7.27. The maximum atomic E-state index is 10.9. The molecule has 10 heteroatoms. The van der Waals surface area contributed by atoms with Crippen LogP contribution in [0.15, 0.2) is 35.1 Å². The van der Waals surface area contributed by atoms with Crippen LogP contribution in [-0.2, 0) is 13.1 Å². The molecule has 0 saturated carbocycles. The molecule has 2 aromatic heterocycles. The molecule has 1 aliphatic rings. The van der Waals surface area contributed by atoms with Crippen molar-refractivity contribution in [2.75, 3.05) is 7.05 Å². The Balaban J connectivity index is 1.63. The van der Waals surface area contributed by atoms with Gasteiger partial charge < -0.3 is 9.09 Å². The summed E-state index contributed by atoms with van der Waals surface area (Å²) in [7, 11) is 1.94. The Morgan fingerprint density at radius 2 is 2.29 bits per heavy atom. The van der Waals surface area contributed by atoms with Crippen LogP contribution in [0.2, 0.25) is 0 Å². The molecule has 0 N–H and O–H groups in total. The first-order valence-corrected chi connectivity index (χ1v) is 7.27. The average Bonchev–Trinajstić information content (AvgIpc) is 3.22. The van der Waals surface area contributed by atoms with Crippen molar-refractivity contribution in [1.29, 1.82) is 0 Å². The van der Waals surface area contributed by atoms with Crippen molar-refractivity contribution >= 4 is 5.69 Å². The number of nitro benzene ring substituents is 1. The first kappa shape index (κ1) is 14.5. The Morgan fingerprint density at radius 3 is 3.12 bits per heavy atom. The molecule has 1 atom stereocenters. The minimum absolute atomic E-state index is 0.0113. The fourth-order valence-electron chi connectivity index (χ4n) is 2.73. The van der Waals surface area contributed by atoms with E-state index < -0.39 is 4.92 Å². The second kappa shape index (κ2) is 5.49. The van der Waals surface area contributed by atoms with E-state index in [0.29, 0.717) is 30.4 Å². The highest BCUT2D eigenvalue weighted by atomic mass is 16.6. The van der Waals surface area contributed by atoms with Crippen molar-refractivity contribution < 1.29 is 9.45 Å². The van der Waals surface area contributed by atoms with Gasteiger partial charge in [-0.2, -0.15) is 4.98 Å². The topological polar surface area (TPSA) is 116 Å². The highest BCUT2D eigenvalue weighted by Crippen LogP contribution is 2.28. The molecular formula is C14H13N7O3. The minimum atomic E-state index is -0.451. The third-order valence-electron chi connectivity index (χ3n) is 4.03. The summed E-state index contributed by atoms with van der Waals surface area (Å²) < 4.78 is 7.34. The molecule has 0 saturated heterocycles. The van der Waals surface area contributed by atoms with Gasteiger partial charge in [-0.3, -0.25) is 15.0 Å². The fraction of sp³-hybridized carbons (Fsp3) is 0.286. The number of hydrogen-bond donors (Lipinski definition) is 0. The van der Waals surface area contributed by atoms with Gasteiger partial charge in [0, 0.05) is 24.2 Å². The van der Waals surface area contributed by atoms with Crippen LogP contribution < -0.4 is 0 Å². The highest BCUT2D eigenvalue weighted by molar-refractivity contribution is 5.58. The predicted molar refractivity (Wildman–Crippen MR) is 80.6 cm³/mol. The van der Waals surface area contributed by atoms with Crippen molar-refractivity contribution in [2.24, 2.45) is 0 Å². The van der Waals surface area contributed by atoms with Crippen LogP contribution in [0, 0.1) is 10.1 Å². The third kappa shape index (κ3) is 2.42. The lowest BCUT2D eigenvalue weighted by atomic mass is 10.2. The van der Waals surface area contributed by atoms with Gasteiger partial charge in [0.2, 0.25) is 11.7 Å². The number of nitrogens with zero attached hydrogens (tertiary/aromatic N) is 7. The second-order valence-corrected chi connectivity index (χ2v) is 5.59. The van der Waals surface area contributed by atoms with Crippen molar-refractivity contribution in [3.8, 4) is 11.4 Å². The van der Waals surface area contributed by atoms with E-state index in [2.05, 4.69) is 25.2 Å². The van der Waals surface area contributed by atoms with Gasteiger partial charge in [-0.15, -0.1) is 10.2 Å². The standard InChI is InChI=1S/C14H13N7O3/c1-19-7-12-17-15-8-20(12)6-11(19)14-16-13(18-24-14)9-3-2-4-10(5-9)21(22)23/h2-5,8,11H,6-7H2,1H3. The molecule has 10 nitrogen and oxygen atoms in total. The monoisotopic (exact) mass is 327 g/mol. The number of fused-ring (bicyclic) bond motifs is 1. The quantitative estimate of drug-likeness (QED) is 0.524. The van der Waals surface area contributed by atoms with Crippen LogP contribution in [-0.4, -0.2) is 41.8 Å². The summed E-state index contributed by atoms with van der Waals surface area (Å²) in [6.07, 6.45) is 1.67. The number of aromatic nitrogens is 5. The molecule has 0 spiro atoms. The fourth-order valence-corrected chi connectivity index (χ4v) is 2.73. The van der Waals surface area contributed by atoms with Crippen molar-refractivity contribution in [2.45, 2.75) is 19.1 Å². The summed E-state index contributed by atoms with van der Waals surface area (Å²) in [6, 6.07) is 6.06. The zero-order valence-electron chi connectivity index (χ0n) is 12.7. The molecule has 0 aliphatic carbocycles. The van der Waals surface area contributed by atoms with Gasteiger partial charge in [0.15, 0.2) is 0 Å². The molecule has 3 heterocycles. The Morgan fingerprint density at radius 1 is 1.42 bits per heavy atom. The molecule has 1 aliphatic heterocycles. The molecule has 3 aromatic rings. The zero-order chi connectivity index (χ0) is 16.7. The number of likely N-dealkylation sites (N-methyl/N-ethyl adjacent to an activating group) is 1. The Kier molecular flexibility index (Phi) is 3.31. The summed E-state index contributed by atoms with van der Waals surface area (Å²) in [5.41, 5.74) is 0.533. The number of non-ortho nitro benzene ring substituents is 1. The molecule has 1 aromatic carbocycles. The number of nitro groups is 1. The van der Waals surface area contributed by atoms with Crippen molar-refractivity contribution in [3.05, 3.63) is 52.4 Å². The van der Waals surface area contributed by atoms with Gasteiger partial charge in [0.25, 0.3) is 5.69 Å². The molecule has 122 valence electrons. The van der Waals surface area contributed by atoms with E-state index in [1.54, 1.807) is 18.5 Å². The van der Waals surface area contributed by atoms with E-state index >= 15 is 0 Å². The normalized spacial score (nSPS) is 17.6. The lowest BCUT2D eigenvalue weighted by Gasteiger charge is -2.29. The van der Waals surface area contributed by atoms with Crippen molar-refractivity contribution in [1.82, 2.24) is 29.8 Å². The second-order valence-electron chi connectivity index (χ2n) is 5.59. The number of benzene rings is 1. The first-order chi connectivity index (χ1) is 11.6. The lowest BCUT2D eigenvalue weighted by Crippen LogP contribution is -2.34. The largest absolute Gasteiger partial charge is 0.337 e. The maximum absolute atomic E-state index is 10.9. The lowest BCUT2D eigenvalue weighted by molar-refractivity contribution is -0.384. The van der Waals surface area contributed by atoms with E-state index in [1.807, 2.05) is 11.6 Å². The molecule has 4 rings (SSSR count).